The van der Waals surface area contributed by atoms with Gasteiger partial charge in [-0.15, -0.1) is 11.8 Å². The van der Waals surface area contributed by atoms with E-state index in [2.05, 4.69) is 30.8 Å². The van der Waals surface area contributed by atoms with E-state index in [1.807, 2.05) is 0 Å². The Hall–Kier alpha value is -0.480. The Balaban J connectivity index is 2.36. The highest BCUT2D eigenvalue weighted by Gasteiger charge is 2.10. The minimum Gasteiger partial charge on any atom is -0.306 e. The summed E-state index contributed by atoms with van der Waals surface area (Å²) in [5.41, 5.74) is 0. The largest absolute Gasteiger partial charge is 0.306 e. The number of nitrogens with zero attached hydrogens (tertiary/aromatic N) is 1. The zero-order valence-corrected chi connectivity index (χ0v) is 6.85. The van der Waals surface area contributed by atoms with Gasteiger partial charge in [0, 0.05) is 18.9 Å². The first-order valence-electron chi connectivity index (χ1n) is 3.93. The summed E-state index contributed by atoms with van der Waals surface area (Å²) in [4.78, 5) is 2.30. The maximum Gasteiger partial charge on any atom is 0.0107 e. The zero-order valence-electron chi connectivity index (χ0n) is 6.85. The van der Waals surface area contributed by atoms with Crippen LogP contribution in [-0.2, 0) is 0 Å². The average molecular weight is 137 g/mol. The third-order valence-corrected chi connectivity index (χ3v) is 2.06. The molecular weight excluding hydrogens is 122 g/mol. The van der Waals surface area contributed by atoms with E-state index in [1.165, 1.54) is 12.8 Å². The van der Waals surface area contributed by atoms with Crippen molar-refractivity contribution in [2.75, 3.05) is 14.1 Å². The molecule has 1 aliphatic rings. The highest BCUT2D eigenvalue weighted by atomic mass is 15.1. The first kappa shape index (κ1) is 7.63. The molecular formula is C9H15N. The summed E-state index contributed by atoms with van der Waals surface area (Å²) in [7, 11) is 4.30. The molecule has 0 aromatic rings. The minimum absolute atomic E-state index is 0.752. The van der Waals surface area contributed by atoms with E-state index in [4.69, 9.17) is 0 Å². The molecule has 0 aromatic heterocycles. The van der Waals surface area contributed by atoms with E-state index in [9.17, 15) is 0 Å². The van der Waals surface area contributed by atoms with E-state index in [0.717, 1.165) is 18.9 Å². The Labute approximate surface area is 63.4 Å². The van der Waals surface area contributed by atoms with Gasteiger partial charge in [0.1, 0.15) is 0 Å². The number of hydrogen-bond donors (Lipinski definition) is 0. The molecule has 0 aromatic carbocycles. The molecule has 0 radical (unpaired) electrons. The van der Waals surface area contributed by atoms with Crippen LogP contribution in [0.4, 0.5) is 0 Å². The molecule has 1 nitrogen and oxygen atoms in total. The smallest absolute Gasteiger partial charge is 0.0107 e. The molecule has 1 heteroatoms. The van der Waals surface area contributed by atoms with E-state index in [1.54, 1.807) is 0 Å². The first-order chi connectivity index (χ1) is 4.80. The first-order valence-corrected chi connectivity index (χ1v) is 3.93. The number of rotatable bonds is 1. The molecule has 1 rings (SSSR count). The molecule has 0 N–H and O–H groups in total. The summed E-state index contributed by atoms with van der Waals surface area (Å²) < 4.78 is 0. The Bertz CT molecular complexity index is 138. The van der Waals surface area contributed by atoms with Crippen molar-refractivity contribution in [1.29, 1.82) is 0 Å². The Kier molecular flexibility index (Phi) is 2.77. The second-order valence-corrected chi connectivity index (χ2v) is 3.05. The fraction of sp³-hybridized carbons (Fsp3) is 0.778. The van der Waals surface area contributed by atoms with Gasteiger partial charge in [-0.25, -0.2) is 0 Å². The van der Waals surface area contributed by atoms with Crippen LogP contribution in [0.5, 0.6) is 0 Å². The molecule has 0 aliphatic heterocycles. The molecule has 0 saturated carbocycles. The fourth-order valence-corrected chi connectivity index (χ4v) is 1.32. The Morgan fingerprint density at radius 3 is 2.00 bits per heavy atom. The van der Waals surface area contributed by atoms with Crippen molar-refractivity contribution in [1.82, 2.24) is 4.90 Å². The predicted molar refractivity (Wildman–Crippen MR) is 43.7 cm³/mol. The van der Waals surface area contributed by atoms with Crippen LogP contribution in [0.15, 0.2) is 0 Å². The Morgan fingerprint density at radius 1 is 1.10 bits per heavy atom. The van der Waals surface area contributed by atoms with Gasteiger partial charge in [-0.3, -0.25) is 0 Å². The molecule has 56 valence electrons. The lowest BCUT2D eigenvalue weighted by atomic mass is 10.1. The van der Waals surface area contributed by atoms with Gasteiger partial charge < -0.3 is 4.90 Å². The van der Waals surface area contributed by atoms with Crippen molar-refractivity contribution in [2.45, 2.75) is 31.7 Å². The quantitative estimate of drug-likeness (QED) is 0.495. The lowest BCUT2D eigenvalue weighted by Crippen LogP contribution is -2.27. The third kappa shape index (κ3) is 2.04. The normalized spacial score (nSPS) is 19.9. The van der Waals surface area contributed by atoms with Gasteiger partial charge in [0.05, 0.1) is 0 Å². The average Bonchev–Trinajstić information content (AvgIpc) is 2.12. The summed E-state index contributed by atoms with van der Waals surface area (Å²) in [6.45, 7) is 0. The SMILES string of the molecule is CN(C)C1CCC#CCC1. The van der Waals surface area contributed by atoms with Crippen LogP contribution >= 0.6 is 0 Å². The van der Waals surface area contributed by atoms with Crippen molar-refractivity contribution >= 4 is 0 Å². The third-order valence-electron chi connectivity index (χ3n) is 2.06. The van der Waals surface area contributed by atoms with E-state index < -0.39 is 0 Å². The van der Waals surface area contributed by atoms with E-state index >= 15 is 0 Å². The van der Waals surface area contributed by atoms with Crippen molar-refractivity contribution in [3.8, 4) is 11.8 Å². The highest BCUT2D eigenvalue weighted by molar-refractivity contribution is 5.02. The van der Waals surface area contributed by atoms with Gasteiger partial charge in [0.15, 0.2) is 0 Å². The molecule has 0 fully saturated rings. The second-order valence-electron chi connectivity index (χ2n) is 3.05. The van der Waals surface area contributed by atoms with Crippen LogP contribution in [0.1, 0.15) is 25.7 Å². The topological polar surface area (TPSA) is 3.24 Å². The molecule has 1 aliphatic carbocycles. The summed E-state index contributed by atoms with van der Waals surface area (Å²) in [5, 5.41) is 0. The summed E-state index contributed by atoms with van der Waals surface area (Å²) in [6, 6.07) is 0.752. The van der Waals surface area contributed by atoms with Crippen LogP contribution < -0.4 is 0 Å². The van der Waals surface area contributed by atoms with Gasteiger partial charge in [-0.2, -0.15) is 0 Å². The van der Waals surface area contributed by atoms with Crippen LogP contribution in [0.2, 0.25) is 0 Å². The van der Waals surface area contributed by atoms with E-state index in [0.29, 0.717) is 0 Å². The lowest BCUT2D eigenvalue weighted by molar-refractivity contribution is 0.270. The van der Waals surface area contributed by atoms with Gasteiger partial charge in [0.2, 0.25) is 0 Å². The maximum absolute atomic E-state index is 3.16. The van der Waals surface area contributed by atoms with Crippen molar-refractivity contribution in [2.24, 2.45) is 0 Å². The minimum atomic E-state index is 0.752. The van der Waals surface area contributed by atoms with Gasteiger partial charge in [0.25, 0.3) is 0 Å². The molecule has 10 heavy (non-hydrogen) atoms. The molecule has 0 bridgehead atoms. The molecule has 0 heterocycles. The summed E-state index contributed by atoms with van der Waals surface area (Å²) in [6.07, 6.45) is 4.67. The lowest BCUT2D eigenvalue weighted by Gasteiger charge is -2.21. The molecule has 0 amide bonds. The second kappa shape index (κ2) is 3.63. The van der Waals surface area contributed by atoms with Gasteiger partial charge in [-0.1, -0.05) is 0 Å². The number of hydrogen-bond acceptors (Lipinski definition) is 1. The standard InChI is InChI=1S/C9H15N/c1-10(2)9-7-5-3-4-6-8-9/h9H,5-8H2,1-2H3. The highest BCUT2D eigenvalue weighted by Crippen LogP contribution is 2.11. The van der Waals surface area contributed by atoms with Crippen LogP contribution in [0, 0.1) is 11.8 Å². The fourth-order valence-electron chi connectivity index (χ4n) is 1.32. The van der Waals surface area contributed by atoms with Crippen molar-refractivity contribution in [3.05, 3.63) is 0 Å². The van der Waals surface area contributed by atoms with Crippen LogP contribution in [0.3, 0.4) is 0 Å². The van der Waals surface area contributed by atoms with Crippen LogP contribution in [0.25, 0.3) is 0 Å². The Morgan fingerprint density at radius 2 is 1.60 bits per heavy atom. The van der Waals surface area contributed by atoms with Gasteiger partial charge in [-0.05, 0) is 26.9 Å². The van der Waals surface area contributed by atoms with E-state index in [-0.39, 0.29) is 0 Å². The van der Waals surface area contributed by atoms with Crippen LogP contribution in [-0.4, -0.2) is 25.0 Å². The van der Waals surface area contributed by atoms with Gasteiger partial charge >= 0.3 is 0 Å². The van der Waals surface area contributed by atoms with Crippen molar-refractivity contribution in [3.63, 3.8) is 0 Å². The molecule has 0 unspecified atom stereocenters. The molecule has 0 spiro atoms. The zero-order chi connectivity index (χ0) is 7.40. The van der Waals surface area contributed by atoms with Crippen molar-refractivity contribution < 1.29 is 0 Å². The summed E-state index contributed by atoms with van der Waals surface area (Å²) >= 11 is 0. The monoisotopic (exact) mass is 137 g/mol. The maximum atomic E-state index is 3.16. The molecule has 0 saturated heterocycles. The molecule has 0 atom stereocenters. The summed E-state index contributed by atoms with van der Waals surface area (Å²) in [5.74, 6) is 6.31. The predicted octanol–water partition coefficient (Wildman–Crippen LogP) is 1.49.